The standard InChI is InChI=1S/C32H42N4O3Si/c1-22(2)38-28-12-11-23(19-24(28)20-33)30-34-29(35-39-30)26-9-8-10-27-25(26)13-14-32(27)15-16-36(21-32)17-18-37-40(6,7)31(3,4)5/h8-12,19,22H,13-18,21H2,1-7H3. The fourth-order valence-electron chi connectivity index (χ4n) is 5.84. The van der Waals surface area contributed by atoms with Gasteiger partial charge in [-0.2, -0.15) is 10.2 Å². The van der Waals surface area contributed by atoms with E-state index in [0.29, 0.717) is 28.6 Å². The van der Waals surface area contributed by atoms with Gasteiger partial charge in [-0.05, 0) is 87.1 Å². The molecule has 0 radical (unpaired) electrons. The van der Waals surface area contributed by atoms with Gasteiger partial charge in [0.25, 0.3) is 5.89 Å². The number of ether oxygens (including phenoxy) is 1. The fraction of sp³-hybridized carbons (Fsp3) is 0.531. The highest BCUT2D eigenvalue weighted by Gasteiger charge is 2.45. The molecule has 7 nitrogen and oxygen atoms in total. The van der Waals surface area contributed by atoms with Gasteiger partial charge in [-0.3, -0.25) is 0 Å². The summed E-state index contributed by atoms with van der Waals surface area (Å²) in [6.07, 6.45) is 3.32. The second-order valence-corrected chi connectivity index (χ2v) is 18.0. The summed E-state index contributed by atoms with van der Waals surface area (Å²) in [7, 11) is -1.73. The van der Waals surface area contributed by atoms with Gasteiger partial charge in [0.2, 0.25) is 5.82 Å². The molecule has 212 valence electrons. The monoisotopic (exact) mass is 558 g/mol. The Morgan fingerprint density at radius 2 is 1.98 bits per heavy atom. The van der Waals surface area contributed by atoms with Crippen LogP contribution in [0, 0.1) is 11.3 Å². The first-order valence-corrected chi connectivity index (χ1v) is 17.4. The molecule has 2 aromatic carbocycles. The molecule has 0 saturated carbocycles. The van der Waals surface area contributed by atoms with Crippen LogP contribution in [0.3, 0.4) is 0 Å². The van der Waals surface area contributed by atoms with Crippen molar-refractivity contribution in [1.82, 2.24) is 15.0 Å². The van der Waals surface area contributed by atoms with Gasteiger partial charge in [0.15, 0.2) is 8.32 Å². The largest absolute Gasteiger partial charge is 0.490 e. The van der Waals surface area contributed by atoms with Gasteiger partial charge in [0.1, 0.15) is 11.8 Å². The second kappa shape index (κ2) is 10.8. The summed E-state index contributed by atoms with van der Waals surface area (Å²) in [5.41, 5.74) is 5.17. The third kappa shape index (κ3) is 5.47. The minimum atomic E-state index is -1.73. The molecule has 1 saturated heterocycles. The smallest absolute Gasteiger partial charge is 0.258 e. The van der Waals surface area contributed by atoms with Gasteiger partial charge in [-0.1, -0.05) is 44.1 Å². The molecule has 2 aliphatic rings. The summed E-state index contributed by atoms with van der Waals surface area (Å²) < 4.78 is 17.9. The Morgan fingerprint density at radius 1 is 1.18 bits per heavy atom. The number of benzene rings is 2. The molecule has 1 aliphatic carbocycles. The van der Waals surface area contributed by atoms with Crippen molar-refractivity contribution in [3.05, 3.63) is 53.1 Å². The van der Waals surface area contributed by atoms with Crippen LogP contribution in [0.1, 0.15) is 64.2 Å². The molecular weight excluding hydrogens is 516 g/mol. The van der Waals surface area contributed by atoms with Gasteiger partial charge in [0.05, 0.1) is 11.7 Å². The molecule has 1 aromatic heterocycles. The van der Waals surface area contributed by atoms with Crippen molar-refractivity contribution in [2.75, 3.05) is 26.2 Å². The number of aromatic nitrogens is 2. The normalized spacial score (nSPS) is 19.4. The van der Waals surface area contributed by atoms with Crippen LogP contribution in [0.25, 0.3) is 22.8 Å². The molecule has 40 heavy (non-hydrogen) atoms. The SMILES string of the molecule is CC(C)Oc1ccc(-c2nc(-c3cccc4c3CCC43CCN(CCO[Si](C)(C)C(C)(C)C)C3)no2)cc1C#N. The summed E-state index contributed by atoms with van der Waals surface area (Å²) in [6, 6.07) is 14.2. The Kier molecular flexibility index (Phi) is 7.68. The molecule has 1 aliphatic heterocycles. The third-order valence-electron chi connectivity index (χ3n) is 9.09. The Bertz CT molecular complexity index is 1420. The molecule has 1 fully saturated rings. The van der Waals surface area contributed by atoms with Gasteiger partial charge in [-0.15, -0.1) is 0 Å². The summed E-state index contributed by atoms with van der Waals surface area (Å²) in [5, 5.41) is 14.2. The number of hydrogen-bond donors (Lipinski definition) is 0. The number of nitriles is 1. The zero-order valence-corrected chi connectivity index (χ0v) is 26.0. The van der Waals surface area contributed by atoms with Gasteiger partial charge < -0.3 is 18.6 Å². The van der Waals surface area contributed by atoms with Crippen molar-refractivity contribution in [2.24, 2.45) is 0 Å². The van der Waals surface area contributed by atoms with Gasteiger partial charge in [-0.25, -0.2) is 0 Å². The topological polar surface area (TPSA) is 84.4 Å². The van der Waals surface area contributed by atoms with E-state index < -0.39 is 8.32 Å². The van der Waals surface area contributed by atoms with Crippen LogP contribution in [-0.2, 0) is 16.3 Å². The van der Waals surface area contributed by atoms with Crippen LogP contribution in [-0.4, -0.2) is 55.7 Å². The van der Waals surface area contributed by atoms with E-state index in [4.69, 9.17) is 18.7 Å². The molecule has 8 heteroatoms. The zero-order valence-electron chi connectivity index (χ0n) is 25.0. The highest BCUT2D eigenvalue weighted by molar-refractivity contribution is 6.74. The third-order valence-corrected chi connectivity index (χ3v) is 13.6. The maximum atomic E-state index is 9.62. The molecule has 3 aromatic rings. The minimum Gasteiger partial charge on any atom is -0.490 e. The van der Waals surface area contributed by atoms with Crippen LogP contribution in [0.4, 0.5) is 0 Å². The zero-order chi connectivity index (χ0) is 28.7. The maximum Gasteiger partial charge on any atom is 0.258 e. The highest BCUT2D eigenvalue weighted by Crippen LogP contribution is 2.48. The number of fused-ring (bicyclic) bond motifs is 2. The fourth-order valence-corrected chi connectivity index (χ4v) is 6.87. The van der Waals surface area contributed by atoms with E-state index in [1.54, 1.807) is 12.1 Å². The van der Waals surface area contributed by atoms with Crippen LogP contribution in [0.2, 0.25) is 18.1 Å². The quantitative estimate of drug-likeness (QED) is 0.276. The molecule has 1 spiro atoms. The molecule has 1 unspecified atom stereocenters. The van der Waals surface area contributed by atoms with Crippen molar-refractivity contribution < 1.29 is 13.7 Å². The summed E-state index contributed by atoms with van der Waals surface area (Å²) in [5.74, 6) is 1.56. The molecule has 1 atom stereocenters. The Balaban J connectivity index is 1.32. The number of hydrogen-bond acceptors (Lipinski definition) is 7. The van der Waals surface area contributed by atoms with E-state index >= 15 is 0 Å². The minimum absolute atomic E-state index is 0.0148. The first kappa shape index (κ1) is 28.5. The first-order chi connectivity index (χ1) is 18.9. The predicted molar refractivity (Wildman–Crippen MR) is 160 cm³/mol. The van der Waals surface area contributed by atoms with E-state index in [2.05, 4.69) is 68.2 Å². The van der Waals surface area contributed by atoms with Crippen LogP contribution in [0.5, 0.6) is 5.75 Å². The van der Waals surface area contributed by atoms with Crippen molar-refractivity contribution in [1.29, 1.82) is 5.26 Å². The average Bonchev–Trinajstić information content (AvgIpc) is 3.63. The second-order valence-electron chi connectivity index (χ2n) is 13.2. The van der Waals surface area contributed by atoms with Crippen LogP contribution >= 0.6 is 0 Å². The van der Waals surface area contributed by atoms with Crippen molar-refractivity contribution in [2.45, 2.75) is 83.5 Å². The van der Waals surface area contributed by atoms with Crippen molar-refractivity contribution in [3.8, 4) is 34.7 Å². The lowest BCUT2D eigenvalue weighted by Gasteiger charge is -2.36. The maximum absolute atomic E-state index is 9.62. The number of nitrogens with zero attached hydrogens (tertiary/aromatic N) is 4. The van der Waals surface area contributed by atoms with E-state index in [9.17, 15) is 5.26 Å². The average molecular weight is 559 g/mol. The number of rotatable bonds is 8. The van der Waals surface area contributed by atoms with E-state index in [1.165, 1.54) is 17.5 Å². The number of likely N-dealkylation sites (tertiary alicyclic amines) is 1. The van der Waals surface area contributed by atoms with Gasteiger partial charge >= 0.3 is 0 Å². The van der Waals surface area contributed by atoms with Gasteiger partial charge in [0, 0.05) is 36.2 Å². The molecule has 0 bridgehead atoms. The molecular formula is C32H42N4O3Si. The van der Waals surface area contributed by atoms with Crippen LogP contribution < -0.4 is 4.74 Å². The van der Waals surface area contributed by atoms with E-state index in [-0.39, 0.29) is 16.6 Å². The molecule has 2 heterocycles. The Morgan fingerprint density at radius 3 is 2.70 bits per heavy atom. The molecule has 0 amide bonds. The lowest BCUT2D eigenvalue weighted by molar-refractivity contribution is 0.215. The van der Waals surface area contributed by atoms with E-state index in [1.807, 2.05) is 19.9 Å². The van der Waals surface area contributed by atoms with Crippen molar-refractivity contribution >= 4 is 8.32 Å². The predicted octanol–water partition coefficient (Wildman–Crippen LogP) is 6.97. The first-order valence-electron chi connectivity index (χ1n) is 14.5. The summed E-state index contributed by atoms with van der Waals surface area (Å²) in [4.78, 5) is 7.34. The lowest BCUT2D eigenvalue weighted by atomic mass is 9.81. The summed E-state index contributed by atoms with van der Waals surface area (Å²) >= 11 is 0. The highest BCUT2D eigenvalue weighted by atomic mass is 28.4. The van der Waals surface area contributed by atoms with Crippen molar-refractivity contribution in [3.63, 3.8) is 0 Å². The Labute approximate surface area is 239 Å². The Hall–Kier alpha value is -2.99. The molecule has 5 rings (SSSR count). The van der Waals surface area contributed by atoms with E-state index in [0.717, 1.165) is 44.6 Å². The molecule has 0 N–H and O–H groups in total. The summed E-state index contributed by atoms with van der Waals surface area (Å²) in [6.45, 7) is 19.4. The lowest BCUT2D eigenvalue weighted by Crippen LogP contribution is -2.42. The van der Waals surface area contributed by atoms with Crippen LogP contribution in [0.15, 0.2) is 40.9 Å².